The number of piperidine rings is 1. The average molecular weight is 526 g/mol. The van der Waals surface area contributed by atoms with E-state index in [0.717, 1.165) is 36.5 Å². The summed E-state index contributed by atoms with van der Waals surface area (Å²) in [6.07, 6.45) is 8.08. The summed E-state index contributed by atoms with van der Waals surface area (Å²) in [6, 6.07) is 14.4. The molecule has 3 saturated heterocycles. The minimum Gasteiger partial charge on any atom is -0.369 e. The quantitative estimate of drug-likeness (QED) is 0.493. The lowest BCUT2D eigenvalue weighted by molar-refractivity contribution is -0.132. The molecule has 9 nitrogen and oxygen atoms in total. The number of nitrogens with zero attached hydrogens (tertiary/aromatic N) is 6. The number of amides is 3. The molecule has 202 valence electrons. The summed E-state index contributed by atoms with van der Waals surface area (Å²) >= 11 is 0. The molecule has 1 unspecified atom stereocenters. The van der Waals surface area contributed by atoms with Gasteiger partial charge in [-0.2, -0.15) is 0 Å². The number of hydrogen-bond donors (Lipinski definition) is 1. The van der Waals surface area contributed by atoms with Crippen molar-refractivity contribution in [1.82, 2.24) is 25.2 Å². The molecule has 1 atom stereocenters. The van der Waals surface area contributed by atoms with Crippen LogP contribution in [-0.4, -0.2) is 70.1 Å². The molecule has 3 fully saturated rings. The molecule has 3 aromatic rings. The Morgan fingerprint density at radius 3 is 2.36 bits per heavy atom. The highest BCUT2D eigenvalue weighted by Gasteiger charge is 2.52. The van der Waals surface area contributed by atoms with Crippen molar-refractivity contribution in [2.24, 2.45) is 0 Å². The first-order valence-electron chi connectivity index (χ1n) is 13.8. The first-order chi connectivity index (χ1) is 18.9. The lowest BCUT2D eigenvalue weighted by Gasteiger charge is -2.37. The largest absolute Gasteiger partial charge is 0.369 e. The lowest BCUT2D eigenvalue weighted by atomic mass is 9.82. The number of anilines is 2. The van der Waals surface area contributed by atoms with E-state index in [1.807, 2.05) is 6.20 Å². The summed E-state index contributed by atoms with van der Waals surface area (Å²) in [6.45, 7) is 7.90. The van der Waals surface area contributed by atoms with E-state index >= 15 is 0 Å². The van der Waals surface area contributed by atoms with Crippen molar-refractivity contribution < 1.29 is 9.59 Å². The van der Waals surface area contributed by atoms with Gasteiger partial charge in [-0.15, -0.1) is 0 Å². The molecule has 0 bridgehead atoms. The molecular weight excluding hydrogens is 490 g/mol. The Labute approximate surface area is 229 Å². The maximum atomic E-state index is 13.4. The highest BCUT2D eigenvalue weighted by molar-refractivity contribution is 6.07. The Hall–Kier alpha value is -4.01. The molecular formula is C30H35N7O2. The minimum atomic E-state index is -0.837. The Bertz CT molecular complexity index is 1360. The number of aromatic nitrogens is 3. The van der Waals surface area contributed by atoms with Crippen molar-refractivity contribution in [3.8, 4) is 0 Å². The van der Waals surface area contributed by atoms with E-state index in [9.17, 15) is 9.59 Å². The van der Waals surface area contributed by atoms with E-state index < -0.39 is 5.54 Å². The van der Waals surface area contributed by atoms with E-state index in [4.69, 9.17) is 4.98 Å². The number of aryl methyl sites for hydroxylation is 1. The predicted octanol–water partition coefficient (Wildman–Crippen LogP) is 3.48. The molecule has 0 saturated carbocycles. The molecule has 3 amide bonds. The monoisotopic (exact) mass is 525 g/mol. The Morgan fingerprint density at radius 1 is 0.923 bits per heavy atom. The van der Waals surface area contributed by atoms with Gasteiger partial charge in [0.2, 0.25) is 5.95 Å². The summed E-state index contributed by atoms with van der Waals surface area (Å²) < 4.78 is 0. The fourth-order valence-corrected chi connectivity index (χ4v) is 6.26. The highest BCUT2D eigenvalue weighted by atomic mass is 16.2. The van der Waals surface area contributed by atoms with Gasteiger partial charge in [0.05, 0.1) is 11.9 Å². The maximum absolute atomic E-state index is 13.4. The zero-order valence-electron chi connectivity index (χ0n) is 22.6. The van der Waals surface area contributed by atoms with E-state index in [1.54, 1.807) is 18.5 Å². The van der Waals surface area contributed by atoms with Gasteiger partial charge in [-0.1, -0.05) is 37.3 Å². The van der Waals surface area contributed by atoms with Crippen LogP contribution in [0.3, 0.4) is 0 Å². The highest BCUT2D eigenvalue weighted by Crippen LogP contribution is 2.36. The number of carbonyl (C=O) groups excluding carboxylic acids is 2. The van der Waals surface area contributed by atoms with E-state index in [0.29, 0.717) is 44.8 Å². The van der Waals surface area contributed by atoms with Crippen molar-refractivity contribution in [2.75, 3.05) is 42.5 Å². The van der Waals surface area contributed by atoms with E-state index in [2.05, 4.69) is 75.3 Å². The standard InChI is InChI=1S/C30H35N7O2/c1-22-19-24(36-16-10-29(2,21-36)23-7-4-3-5-8-23)20-33-25(22)9-15-37-26(38)30(34-28(37)39)11-17-35(18-12-30)27-31-13-6-14-32-27/h3-8,13-14,19-20H,9-12,15-18,21H2,1-2H3,(H,34,39). The third-order valence-electron chi connectivity index (χ3n) is 8.75. The van der Waals surface area contributed by atoms with Gasteiger partial charge in [0.25, 0.3) is 5.91 Å². The van der Waals surface area contributed by atoms with Crippen molar-refractivity contribution >= 4 is 23.6 Å². The first-order valence-corrected chi connectivity index (χ1v) is 13.8. The number of nitrogens with one attached hydrogen (secondary N) is 1. The van der Waals surface area contributed by atoms with Crippen LogP contribution in [0.25, 0.3) is 0 Å². The second-order valence-electron chi connectivity index (χ2n) is 11.3. The second-order valence-corrected chi connectivity index (χ2v) is 11.3. The molecule has 6 rings (SSSR count). The summed E-state index contributed by atoms with van der Waals surface area (Å²) in [5.74, 6) is 0.525. The molecule has 3 aliphatic rings. The fraction of sp³-hybridized carbons (Fsp3) is 0.433. The fourth-order valence-electron chi connectivity index (χ4n) is 6.26. The van der Waals surface area contributed by atoms with Crippen LogP contribution in [0.5, 0.6) is 0 Å². The van der Waals surface area contributed by atoms with E-state index in [1.165, 1.54) is 10.5 Å². The zero-order valence-corrected chi connectivity index (χ0v) is 22.6. The Balaban J connectivity index is 1.07. The average Bonchev–Trinajstić information content (AvgIpc) is 3.47. The summed E-state index contributed by atoms with van der Waals surface area (Å²) in [7, 11) is 0. The molecule has 3 aliphatic heterocycles. The zero-order chi connectivity index (χ0) is 27.0. The lowest BCUT2D eigenvalue weighted by Crippen LogP contribution is -2.55. The van der Waals surface area contributed by atoms with Crippen molar-refractivity contribution in [1.29, 1.82) is 0 Å². The number of pyridine rings is 1. The molecule has 0 radical (unpaired) electrons. The van der Waals surface area contributed by atoms with Crippen LogP contribution in [0.1, 0.15) is 43.0 Å². The van der Waals surface area contributed by atoms with Gasteiger partial charge in [0.1, 0.15) is 5.54 Å². The van der Waals surface area contributed by atoms with Crippen molar-refractivity contribution in [2.45, 2.75) is 50.5 Å². The van der Waals surface area contributed by atoms with Crippen LogP contribution >= 0.6 is 0 Å². The van der Waals surface area contributed by atoms with E-state index in [-0.39, 0.29) is 17.4 Å². The van der Waals surface area contributed by atoms with Crippen LogP contribution in [-0.2, 0) is 16.6 Å². The molecule has 1 aromatic carbocycles. The predicted molar refractivity (Wildman–Crippen MR) is 150 cm³/mol. The van der Waals surface area contributed by atoms with Crippen LogP contribution in [0.4, 0.5) is 16.4 Å². The number of carbonyl (C=O) groups is 2. The van der Waals surface area contributed by atoms with Crippen LogP contribution < -0.4 is 15.1 Å². The normalized spacial score (nSPS) is 22.6. The summed E-state index contributed by atoms with van der Waals surface area (Å²) in [4.78, 5) is 45.5. The third kappa shape index (κ3) is 4.70. The maximum Gasteiger partial charge on any atom is 0.325 e. The summed E-state index contributed by atoms with van der Waals surface area (Å²) in [5, 5.41) is 3.00. The SMILES string of the molecule is Cc1cc(N2CCC(C)(c3ccccc3)C2)cnc1CCN1C(=O)NC2(CCN(c3ncccn3)CC2)C1=O. The van der Waals surface area contributed by atoms with Gasteiger partial charge in [-0.05, 0) is 49.4 Å². The smallest absolute Gasteiger partial charge is 0.325 e. The molecule has 0 aliphatic carbocycles. The number of hydrogen-bond acceptors (Lipinski definition) is 7. The van der Waals surface area contributed by atoms with Crippen molar-refractivity contribution in [3.63, 3.8) is 0 Å². The molecule has 5 heterocycles. The van der Waals surface area contributed by atoms with Crippen LogP contribution in [0.2, 0.25) is 0 Å². The van der Waals surface area contributed by atoms with Gasteiger partial charge in [-0.3, -0.25) is 14.7 Å². The number of imide groups is 1. The van der Waals surface area contributed by atoms with Gasteiger partial charge in [0.15, 0.2) is 0 Å². The summed E-state index contributed by atoms with van der Waals surface area (Å²) in [5.41, 5.74) is 3.78. The molecule has 1 N–H and O–H groups in total. The van der Waals surface area contributed by atoms with Gasteiger partial charge < -0.3 is 15.1 Å². The van der Waals surface area contributed by atoms with Gasteiger partial charge >= 0.3 is 6.03 Å². The minimum absolute atomic E-state index is 0.123. The van der Waals surface area contributed by atoms with Crippen LogP contribution in [0, 0.1) is 6.92 Å². The molecule has 2 aromatic heterocycles. The third-order valence-corrected chi connectivity index (χ3v) is 8.75. The van der Waals surface area contributed by atoms with Crippen LogP contribution in [0.15, 0.2) is 61.1 Å². The number of urea groups is 1. The second kappa shape index (κ2) is 9.94. The Morgan fingerprint density at radius 2 is 1.64 bits per heavy atom. The topological polar surface area (TPSA) is 94.6 Å². The first kappa shape index (κ1) is 25.3. The van der Waals surface area contributed by atoms with Gasteiger partial charge in [0, 0.05) is 62.6 Å². The van der Waals surface area contributed by atoms with Gasteiger partial charge in [-0.25, -0.2) is 14.8 Å². The number of rotatable bonds is 6. The van der Waals surface area contributed by atoms with Crippen molar-refractivity contribution in [3.05, 3.63) is 77.9 Å². The number of benzene rings is 1. The Kier molecular flexibility index (Phi) is 6.45. The molecule has 1 spiro atoms. The molecule has 39 heavy (non-hydrogen) atoms. The molecule has 9 heteroatoms.